The van der Waals surface area contributed by atoms with Crippen LogP contribution >= 0.6 is 11.8 Å². The van der Waals surface area contributed by atoms with E-state index >= 15 is 0 Å². The molecule has 2 fully saturated rings. The number of aliphatic imine (C=N–C) groups is 1. The van der Waals surface area contributed by atoms with Crippen molar-refractivity contribution in [2.75, 3.05) is 0 Å². The van der Waals surface area contributed by atoms with Gasteiger partial charge in [-0.15, -0.1) is 0 Å². The number of thioether (sulfide) groups is 1. The predicted octanol–water partition coefficient (Wildman–Crippen LogP) is 4.34. The van der Waals surface area contributed by atoms with Gasteiger partial charge in [0.1, 0.15) is 0 Å². The van der Waals surface area contributed by atoms with E-state index in [2.05, 4.69) is 40.6 Å². The molecule has 1 N–H and O–H groups in total. The zero-order chi connectivity index (χ0) is 15.6. The van der Waals surface area contributed by atoms with Crippen LogP contribution in [0.5, 0.6) is 0 Å². The van der Waals surface area contributed by atoms with Crippen molar-refractivity contribution in [3.05, 3.63) is 52.9 Å². The number of fused-ring (bicyclic) bond motifs is 1. The molecule has 116 valence electrons. The van der Waals surface area contributed by atoms with Crippen LogP contribution in [0.15, 0.2) is 52.4 Å². The number of carbonyl (C=O) groups excluding carboxylic acids is 1. The third-order valence-electron chi connectivity index (χ3n) is 4.35. The second-order valence-corrected chi connectivity index (χ2v) is 7.07. The van der Waals surface area contributed by atoms with Gasteiger partial charge in [-0.2, -0.15) is 0 Å². The van der Waals surface area contributed by atoms with E-state index < -0.39 is 0 Å². The van der Waals surface area contributed by atoms with Crippen LogP contribution < -0.4 is 5.32 Å². The van der Waals surface area contributed by atoms with Crippen molar-refractivity contribution in [1.82, 2.24) is 5.32 Å². The lowest BCUT2D eigenvalue weighted by Crippen LogP contribution is -2.21. The first kappa shape index (κ1) is 14.5. The maximum atomic E-state index is 12.1. The first-order valence-electron chi connectivity index (χ1n) is 8.05. The Hall–Kier alpha value is -2.07. The Kier molecular flexibility index (Phi) is 3.92. The molecule has 0 aromatic heterocycles. The third kappa shape index (κ3) is 3.17. The summed E-state index contributed by atoms with van der Waals surface area (Å²) in [6.45, 7) is 0. The summed E-state index contributed by atoms with van der Waals surface area (Å²) in [6, 6.07) is 14.9. The number of hydrogen-bond donors (Lipinski definition) is 1. The Balaban J connectivity index is 1.58. The molecule has 0 unspecified atom stereocenters. The second kappa shape index (κ2) is 6.20. The summed E-state index contributed by atoms with van der Waals surface area (Å²) < 4.78 is 0. The largest absolute Gasteiger partial charge is 0.301 e. The molecule has 0 bridgehead atoms. The number of amidine groups is 1. The van der Waals surface area contributed by atoms with Crippen molar-refractivity contribution in [3.63, 3.8) is 0 Å². The normalized spacial score (nSPS) is 22.3. The SMILES string of the molecule is O=C1NC(=NC2CCCC2)S/C1=C/c1ccc2ccccc2c1. The quantitative estimate of drug-likeness (QED) is 0.836. The predicted molar refractivity (Wildman–Crippen MR) is 97.3 cm³/mol. The average molecular weight is 322 g/mol. The Morgan fingerprint density at radius 3 is 2.70 bits per heavy atom. The zero-order valence-electron chi connectivity index (χ0n) is 12.8. The van der Waals surface area contributed by atoms with E-state index in [0.717, 1.165) is 28.5 Å². The number of hydrogen-bond acceptors (Lipinski definition) is 3. The van der Waals surface area contributed by atoms with Crippen molar-refractivity contribution in [1.29, 1.82) is 0 Å². The summed E-state index contributed by atoms with van der Waals surface area (Å²) in [5, 5.41) is 6.05. The highest BCUT2D eigenvalue weighted by atomic mass is 32.2. The smallest absolute Gasteiger partial charge is 0.264 e. The van der Waals surface area contributed by atoms with Gasteiger partial charge < -0.3 is 5.32 Å². The van der Waals surface area contributed by atoms with Crippen LogP contribution in [0.3, 0.4) is 0 Å². The van der Waals surface area contributed by atoms with Crippen molar-refractivity contribution in [3.8, 4) is 0 Å². The monoisotopic (exact) mass is 322 g/mol. The molecule has 1 aliphatic heterocycles. The lowest BCUT2D eigenvalue weighted by atomic mass is 10.1. The summed E-state index contributed by atoms with van der Waals surface area (Å²) in [5.41, 5.74) is 1.04. The number of carbonyl (C=O) groups is 1. The minimum Gasteiger partial charge on any atom is -0.301 e. The van der Waals surface area contributed by atoms with E-state index in [9.17, 15) is 4.79 Å². The van der Waals surface area contributed by atoms with Crippen LogP contribution in [0.2, 0.25) is 0 Å². The Labute approximate surface area is 139 Å². The van der Waals surface area contributed by atoms with Crippen LogP contribution in [0.4, 0.5) is 0 Å². The maximum Gasteiger partial charge on any atom is 0.264 e. The van der Waals surface area contributed by atoms with Crippen molar-refractivity contribution < 1.29 is 4.79 Å². The summed E-state index contributed by atoms with van der Waals surface area (Å²) in [4.78, 5) is 17.5. The molecule has 1 heterocycles. The molecular formula is C19H18N2OS. The Morgan fingerprint density at radius 1 is 1.09 bits per heavy atom. The molecule has 2 aromatic rings. The number of nitrogens with zero attached hydrogens (tertiary/aromatic N) is 1. The highest BCUT2D eigenvalue weighted by molar-refractivity contribution is 8.18. The van der Waals surface area contributed by atoms with Crippen LogP contribution in [0.1, 0.15) is 31.2 Å². The molecule has 0 atom stereocenters. The summed E-state index contributed by atoms with van der Waals surface area (Å²) >= 11 is 1.46. The van der Waals surface area contributed by atoms with Gasteiger partial charge in [-0.05, 0) is 53.1 Å². The van der Waals surface area contributed by atoms with Gasteiger partial charge >= 0.3 is 0 Å². The van der Waals surface area contributed by atoms with Crippen LogP contribution in [0, 0.1) is 0 Å². The molecule has 2 aromatic carbocycles. The Morgan fingerprint density at radius 2 is 1.87 bits per heavy atom. The number of benzene rings is 2. The Bertz CT molecular complexity index is 819. The molecule has 3 nitrogen and oxygen atoms in total. The molecular weight excluding hydrogens is 304 g/mol. The van der Waals surface area contributed by atoms with Crippen molar-refractivity contribution >= 4 is 39.7 Å². The molecule has 1 amide bonds. The van der Waals surface area contributed by atoms with Crippen LogP contribution in [0.25, 0.3) is 16.8 Å². The molecule has 4 rings (SSSR count). The highest BCUT2D eigenvalue weighted by Gasteiger charge is 2.25. The van der Waals surface area contributed by atoms with E-state index in [-0.39, 0.29) is 5.91 Å². The van der Waals surface area contributed by atoms with Gasteiger partial charge in [-0.3, -0.25) is 9.79 Å². The van der Waals surface area contributed by atoms with E-state index in [1.165, 1.54) is 35.4 Å². The van der Waals surface area contributed by atoms with Gasteiger partial charge in [0.15, 0.2) is 5.17 Å². The van der Waals surface area contributed by atoms with Crippen molar-refractivity contribution in [2.24, 2.45) is 4.99 Å². The molecule has 23 heavy (non-hydrogen) atoms. The summed E-state index contributed by atoms with van der Waals surface area (Å²) in [6.07, 6.45) is 6.73. The fraction of sp³-hybridized carbons (Fsp3) is 0.263. The van der Waals surface area contributed by atoms with Gasteiger partial charge in [0, 0.05) is 0 Å². The molecule has 1 saturated carbocycles. The standard InChI is InChI=1S/C19H18N2OS/c22-18-17(23-19(21-18)20-16-7-3-4-8-16)12-13-9-10-14-5-1-2-6-15(14)11-13/h1-2,5-6,9-12,16H,3-4,7-8H2,(H,20,21,22)/b17-12+. The number of rotatable bonds is 2. The van der Waals surface area contributed by atoms with E-state index in [0.29, 0.717) is 6.04 Å². The lowest BCUT2D eigenvalue weighted by molar-refractivity contribution is -0.115. The molecule has 0 spiro atoms. The van der Waals surface area contributed by atoms with Gasteiger partial charge in [-0.1, -0.05) is 49.2 Å². The van der Waals surface area contributed by atoms with Gasteiger partial charge in [0.2, 0.25) is 0 Å². The van der Waals surface area contributed by atoms with Crippen LogP contribution in [-0.4, -0.2) is 17.1 Å². The molecule has 1 saturated heterocycles. The maximum absolute atomic E-state index is 12.1. The molecule has 1 aliphatic carbocycles. The van der Waals surface area contributed by atoms with Crippen molar-refractivity contribution in [2.45, 2.75) is 31.7 Å². The van der Waals surface area contributed by atoms with E-state index in [1.54, 1.807) is 0 Å². The van der Waals surface area contributed by atoms with Crippen LogP contribution in [-0.2, 0) is 4.79 Å². The first-order valence-corrected chi connectivity index (χ1v) is 8.87. The number of nitrogens with one attached hydrogen (secondary N) is 1. The fourth-order valence-electron chi connectivity index (χ4n) is 3.14. The summed E-state index contributed by atoms with van der Waals surface area (Å²) in [5.74, 6) is -0.0418. The van der Waals surface area contributed by atoms with Gasteiger partial charge in [0.25, 0.3) is 5.91 Å². The van der Waals surface area contributed by atoms with Gasteiger partial charge in [-0.25, -0.2) is 0 Å². The van der Waals surface area contributed by atoms with E-state index in [1.807, 2.05) is 18.2 Å². The highest BCUT2D eigenvalue weighted by Crippen LogP contribution is 2.29. The zero-order valence-corrected chi connectivity index (χ0v) is 13.6. The van der Waals surface area contributed by atoms with E-state index in [4.69, 9.17) is 0 Å². The number of amides is 1. The molecule has 0 radical (unpaired) electrons. The minimum atomic E-state index is -0.0418. The fourth-order valence-corrected chi connectivity index (χ4v) is 4.03. The topological polar surface area (TPSA) is 41.5 Å². The molecule has 2 aliphatic rings. The summed E-state index contributed by atoms with van der Waals surface area (Å²) in [7, 11) is 0. The minimum absolute atomic E-state index is 0.0418. The first-order chi connectivity index (χ1) is 11.3. The van der Waals surface area contributed by atoms with Gasteiger partial charge in [0.05, 0.1) is 10.9 Å². The lowest BCUT2D eigenvalue weighted by Gasteiger charge is -2.02. The third-order valence-corrected chi connectivity index (χ3v) is 5.27. The second-order valence-electron chi connectivity index (χ2n) is 6.04. The average Bonchev–Trinajstić information content (AvgIpc) is 3.18. The molecule has 4 heteroatoms.